The minimum Gasteiger partial charge on any atom is -0.480 e. The van der Waals surface area contributed by atoms with Crippen LogP contribution in [0.25, 0.3) is 11.1 Å². The van der Waals surface area contributed by atoms with Crippen molar-refractivity contribution in [1.82, 2.24) is 21.3 Å². The van der Waals surface area contributed by atoms with E-state index in [9.17, 15) is 29.1 Å². The Bertz CT molecular complexity index is 1270. The van der Waals surface area contributed by atoms with E-state index in [1.807, 2.05) is 62.4 Å². The van der Waals surface area contributed by atoms with E-state index in [4.69, 9.17) is 9.84 Å². The van der Waals surface area contributed by atoms with E-state index in [-0.39, 0.29) is 24.9 Å². The maximum absolute atomic E-state index is 12.8. The largest absolute Gasteiger partial charge is 0.480 e. The predicted octanol–water partition coefficient (Wildman–Crippen LogP) is 1.51. The standard InChI is InChI=1S/C30H38N4O8/c1-16(2)13-24(28(38)34-25(14-35)29(39)40)33-27(37)17(3)31-26(36)18(4)32-30(41)42-15-23-21-11-7-5-9-19(21)20-10-6-8-12-22(20)23/h5-12,16-18,23-25,35H,13-15H2,1-4H3,(H,31,36)(H,32,41)(H,33,37)(H,34,38)(H,39,40)/t17-,18-,24-,25-/m0/s1. The molecule has 0 saturated heterocycles. The van der Waals surface area contributed by atoms with Gasteiger partial charge in [-0.2, -0.15) is 0 Å². The zero-order chi connectivity index (χ0) is 31.0. The molecule has 0 fully saturated rings. The molecule has 0 heterocycles. The number of carbonyl (C=O) groups excluding carboxylic acids is 4. The minimum absolute atomic E-state index is 0.0372. The number of nitrogens with one attached hydrogen (secondary N) is 4. The summed E-state index contributed by atoms with van der Waals surface area (Å²) in [5.74, 6) is -3.71. The van der Waals surface area contributed by atoms with Gasteiger partial charge < -0.3 is 36.2 Å². The highest BCUT2D eigenvalue weighted by Crippen LogP contribution is 2.44. The van der Waals surface area contributed by atoms with Crippen LogP contribution in [0.4, 0.5) is 4.79 Å². The Hall–Kier alpha value is -4.45. The smallest absolute Gasteiger partial charge is 0.407 e. The quantitative estimate of drug-likeness (QED) is 0.205. The van der Waals surface area contributed by atoms with Crippen molar-refractivity contribution in [2.24, 2.45) is 5.92 Å². The van der Waals surface area contributed by atoms with Crippen LogP contribution in [0, 0.1) is 5.92 Å². The number of aliphatic carboxylic acids is 1. The molecule has 1 aliphatic carbocycles. The molecule has 12 nitrogen and oxygen atoms in total. The monoisotopic (exact) mass is 582 g/mol. The summed E-state index contributed by atoms with van der Waals surface area (Å²) in [7, 11) is 0. The maximum atomic E-state index is 12.8. The summed E-state index contributed by atoms with van der Waals surface area (Å²) >= 11 is 0. The number of carboxylic acid groups (broad SMARTS) is 1. The number of aliphatic hydroxyl groups is 1. The van der Waals surface area contributed by atoms with Gasteiger partial charge in [-0.25, -0.2) is 9.59 Å². The second-order valence-corrected chi connectivity index (χ2v) is 10.7. The number of rotatable bonds is 13. The molecule has 6 N–H and O–H groups in total. The average molecular weight is 583 g/mol. The first-order valence-corrected chi connectivity index (χ1v) is 13.8. The molecule has 2 aromatic rings. The number of fused-ring (bicyclic) bond motifs is 3. The zero-order valence-electron chi connectivity index (χ0n) is 24.0. The van der Waals surface area contributed by atoms with E-state index in [0.717, 1.165) is 22.3 Å². The third-order valence-corrected chi connectivity index (χ3v) is 6.96. The Labute approximate surface area is 244 Å². The van der Waals surface area contributed by atoms with Crippen LogP contribution in [0.2, 0.25) is 0 Å². The topological polar surface area (TPSA) is 183 Å². The van der Waals surface area contributed by atoms with Gasteiger partial charge in [-0.15, -0.1) is 0 Å². The Kier molecular flexibility index (Phi) is 11.0. The Morgan fingerprint density at radius 1 is 0.738 bits per heavy atom. The van der Waals surface area contributed by atoms with Crippen molar-refractivity contribution in [3.63, 3.8) is 0 Å². The van der Waals surface area contributed by atoms with E-state index >= 15 is 0 Å². The summed E-state index contributed by atoms with van der Waals surface area (Å²) in [6.45, 7) is 5.74. The lowest BCUT2D eigenvalue weighted by atomic mass is 9.98. The highest BCUT2D eigenvalue weighted by atomic mass is 16.5. The minimum atomic E-state index is -1.52. The van der Waals surface area contributed by atoms with Gasteiger partial charge in [0.25, 0.3) is 0 Å². The molecule has 2 aromatic carbocycles. The first kappa shape index (κ1) is 32.1. The third kappa shape index (κ3) is 8.06. The molecule has 12 heteroatoms. The van der Waals surface area contributed by atoms with Crippen LogP contribution in [-0.2, 0) is 23.9 Å². The normalized spacial score (nSPS) is 14.9. The molecule has 42 heavy (non-hydrogen) atoms. The summed E-state index contributed by atoms with van der Waals surface area (Å²) in [6.07, 6.45) is -0.599. The van der Waals surface area contributed by atoms with Gasteiger partial charge in [-0.3, -0.25) is 14.4 Å². The Balaban J connectivity index is 1.52. The van der Waals surface area contributed by atoms with Crippen molar-refractivity contribution in [1.29, 1.82) is 0 Å². The molecule has 0 radical (unpaired) electrons. The second-order valence-electron chi connectivity index (χ2n) is 10.7. The van der Waals surface area contributed by atoms with Crippen LogP contribution in [0.3, 0.4) is 0 Å². The van der Waals surface area contributed by atoms with Gasteiger partial charge in [-0.1, -0.05) is 62.4 Å². The summed E-state index contributed by atoms with van der Waals surface area (Å²) < 4.78 is 5.47. The number of amides is 4. The first-order chi connectivity index (χ1) is 19.9. The van der Waals surface area contributed by atoms with Gasteiger partial charge in [0.15, 0.2) is 0 Å². The van der Waals surface area contributed by atoms with Crippen LogP contribution < -0.4 is 21.3 Å². The average Bonchev–Trinajstić information content (AvgIpc) is 3.27. The molecule has 226 valence electrons. The number of carboxylic acids is 1. The Morgan fingerprint density at radius 2 is 1.24 bits per heavy atom. The van der Waals surface area contributed by atoms with Gasteiger partial charge in [-0.05, 0) is 48.4 Å². The zero-order valence-corrected chi connectivity index (χ0v) is 24.0. The van der Waals surface area contributed by atoms with Crippen molar-refractivity contribution < 1.29 is 38.9 Å². The molecule has 4 amide bonds. The van der Waals surface area contributed by atoms with Crippen LogP contribution in [0.15, 0.2) is 48.5 Å². The van der Waals surface area contributed by atoms with Gasteiger partial charge in [0.05, 0.1) is 6.61 Å². The van der Waals surface area contributed by atoms with Crippen molar-refractivity contribution in [2.75, 3.05) is 13.2 Å². The van der Waals surface area contributed by atoms with Gasteiger partial charge >= 0.3 is 12.1 Å². The molecule has 0 saturated carbocycles. The highest BCUT2D eigenvalue weighted by Gasteiger charge is 2.31. The molecule has 0 aromatic heterocycles. The molecule has 0 spiro atoms. The van der Waals surface area contributed by atoms with Crippen molar-refractivity contribution in [2.45, 2.75) is 64.2 Å². The first-order valence-electron chi connectivity index (χ1n) is 13.8. The van der Waals surface area contributed by atoms with Crippen LogP contribution in [0.1, 0.15) is 51.2 Å². The number of ether oxygens (including phenoxy) is 1. The van der Waals surface area contributed by atoms with E-state index in [2.05, 4.69) is 21.3 Å². The lowest BCUT2D eigenvalue weighted by Crippen LogP contribution is -2.57. The number of hydrogen-bond donors (Lipinski definition) is 6. The molecule has 1 aliphatic rings. The lowest BCUT2D eigenvalue weighted by molar-refractivity contribution is -0.143. The third-order valence-electron chi connectivity index (χ3n) is 6.96. The number of benzene rings is 2. The number of hydrogen-bond acceptors (Lipinski definition) is 7. The van der Waals surface area contributed by atoms with Crippen LogP contribution in [0.5, 0.6) is 0 Å². The Morgan fingerprint density at radius 3 is 1.76 bits per heavy atom. The van der Waals surface area contributed by atoms with Crippen molar-refractivity contribution >= 4 is 29.8 Å². The maximum Gasteiger partial charge on any atom is 0.407 e. The van der Waals surface area contributed by atoms with Crippen LogP contribution in [-0.4, -0.2) is 77.4 Å². The van der Waals surface area contributed by atoms with E-state index in [1.54, 1.807) is 0 Å². The summed E-state index contributed by atoms with van der Waals surface area (Å²) in [6, 6.07) is 11.1. The molecule has 0 unspecified atom stereocenters. The van der Waals surface area contributed by atoms with Crippen molar-refractivity contribution in [3.8, 4) is 11.1 Å². The van der Waals surface area contributed by atoms with Crippen molar-refractivity contribution in [3.05, 3.63) is 59.7 Å². The van der Waals surface area contributed by atoms with Gasteiger partial charge in [0.2, 0.25) is 17.7 Å². The number of aliphatic hydroxyl groups excluding tert-OH is 1. The molecule has 0 bridgehead atoms. The summed E-state index contributed by atoms with van der Waals surface area (Å²) in [5.41, 5.74) is 4.28. The van der Waals surface area contributed by atoms with Gasteiger partial charge in [0.1, 0.15) is 30.8 Å². The SMILES string of the molecule is CC(C)C[C@H](NC(=O)[C@H](C)NC(=O)[C@H](C)NC(=O)OCC1c2ccccc2-c2ccccc21)C(=O)N[C@@H](CO)C(=O)O. The van der Waals surface area contributed by atoms with Gasteiger partial charge in [0, 0.05) is 5.92 Å². The molecular weight excluding hydrogens is 544 g/mol. The number of alkyl carbamates (subject to hydrolysis) is 1. The fourth-order valence-corrected chi connectivity index (χ4v) is 4.74. The molecule has 0 aliphatic heterocycles. The fourth-order valence-electron chi connectivity index (χ4n) is 4.74. The fraction of sp³-hybridized carbons (Fsp3) is 0.433. The van der Waals surface area contributed by atoms with E-state index in [0.29, 0.717) is 0 Å². The summed E-state index contributed by atoms with van der Waals surface area (Å²) in [5, 5.41) is 27.9. The predicted molar refractivity (Wildman–Crippen MR) is 153 cm³/mol. The highest BCUT2D eigenvalue weighted by molar-refractivity contribution is 5.94. The molecule has 4 atom stereocenters. The molecular formula is C30H38N4O8. The second kappa shape index (κ2) is 14.4. The van der Waals surface area contributed by atoms with E-state index < -0.39 is 60.6 Å². The molecule has 3 rings (SSSR count). The summed E-state index contributed by atoms with van der Waals surface area (Å²) in [4.78, 5) is 61.8. The number of carbonyl (C=O) groups is 5. The van der Waals surface area contributed by atoms with Crippen LogP contribution >= 0.6 is 0 Å². The van der Waals surface area contributed by atoms with E-state index in [1.165, 1.54) is 13.8 Å². The lowest BCUT2D eigenvalue weighted by Gasteiger charge is -2.24.